The van der Waals surface area contributed by atoms with Crippen LogP contribution in [0.25, 0.3) is 0 Å². The van der Waals surface area contributed by atoms with E-state index in [2.05, 4.69) is 28.9 Å². The minimum Gasteiger partial charge on any atom is -0.489 e. The van der Waals surface area contributed by atoms with Crippen LogP contribution >= 0.6 is 11.3 Å². The molecule has 1 aromatic carbocycles. The van der Waals surface area contributed by atoms with Crippen molar-refractivity contribution in [3.8, 4) is 5.75 Å². The smallest absolute Gasteiger partial charge is 0.261 e. The number of fused-ring (bicyclic) bond motifs is 1. The Morgan fingerprint density at radius 3 is 2.55 bits per heavy atom. The molecule has 4 saturated carbocycles. The van der Waals surface area contributed by atoms with Gasteiger partial charge in [0, 0.05) is 11.6 Å². The molecule has 4 bridgehead atoms. The minimum absolute atomic E-state index is 0.122. The Labute approximate surface area is 176 Å². The molecule has 4 heteroatoms. The average molecular weight is 408 g/mol. The minimum atomic E-state index is 0.122. The van der Waals surface area contributed by atoms with Crippen molar-refractivity contribution in [3.05, 3.63) is 51.2 Å². The SMILES string of the molecule is O=C(NC1C2CC3CC(C2)CC1C3)c1cc(COc2ccc3c(c2)CCC3)cs1. The highest BCUT2D eigenvalue weighted by Crippen LogP contribution is 2.53. The summed E-state index contributed by atoms with van der Waals surface area (Å²) < 4.78 is 6.01. The summed E-state index contributed by atoms with van der Waals surface area (Å²) in [6.07, 6.45) is 10.4. The van der Waals surface area contributed by atoms with Crippen molar-refractivity contribution in [2.45, 2.75) is 64.0 Å². The van der Waals surface area contributed by atoms with Crippen LogP contribution in [0.1, 0.15) is 64.9 Å². The molecule has 0 unspecified atom stereocenters. The second-order valence-electron chi connectivity index (χ2n) is 9.82. The van der Waals surface area contributed by atoms with Gasteiger partial charge in [-0.2, -0.15) is 0 Å². The molecule has 1 heterocycles. The van der Waals surface area contributed by atoms with Crippen LogP contribution in [0.3, 0.4) is 0 Å². The fourth-order valence-corrected chi connectivity index (χ4v) is 7.56. The van der Waals surface area contributed by atoms with Crippen LogP contribution in [0.4, 0.5) is 0 Å². The van der Waals surface area contributed by atoms with Crippen molar-refractivity contribution in [2.75, 3.05) is 0 Å². The summed E-state index contributed by atoms with van der Waals surface area (Å²) in [7, 11) is 0. The van der Waals surface area contributed by atoms with Crippen molar-refractivity contribution in [2.24, 2.45) is 23.7 Å². The highest BCUT2D eigenvalue weighted by Gasteiger charge is 2.48. The molecule has 1 amide bonds. The van der Waals surface area contributed by atoms with E-state index in [1.807, 2.05) is 6.07 Å². The second kappa shape index (κ2) is 7.16. The van der Waals surface area contributed by atoms with E-state index >= 15 is 0 Å². The van der Waals surface area contributed by atoms with Crippen LogP contribution in [0, 0.1) is 23.7 Å². The fourth-order valence-electron chi connectivity index (χ4n) is 6.76. The summed E-state index contributed by atoms with van der Waals surface area (Å²) in [5.74, 6) is 4.38. The molecule has 5 aliphatic carbocycles. The zero-order valence-electron chi connectivity index (χ0n) is 16.9. The predicted octanol–water partition coefficient (Wildman–Crippen LogP) is 5.37. The molecule has 0 radical (unpaired) electrons. The normalized spacial score (nSPS) is 31.7. The van der Waals surface area contributed by atoms with E-state index in [1.165, 1.54) is 62.5 Å². The molecule has 4 fully saturated rings. The standard InChI is InChI=1S/C25H29NO2S/c27-25(26-24-20-7-15-6-16(9-20)10-21(24)8-15)23-11-17(14-29-23)13-28-22-5-4-18-2-1-3-19(18)12-22/h4-5,11-12,14-16,20-21,24H,1-3,6-10,13H2,(H,26,27). The maximum atomic E-state index is 12.9. The van der Waals surface area contributed by atoms with Crippen LogP contribution in [0.5, 0.6) is 5.75 Å². The second-order valence-corrected chi connectivity index (χ2v) is 10.7. The molecule has 3 nitrogen and oxygen atoms in total. The first-order valence-corrected chi connectivity index (χ1v) is 12.2. The van der Waals surface area contributed by atoms with Gasteiger partial charge in [-0.25, -0.2) is 0 Å². The Kier molecular flexibility index (Phi) is 4.44. The number of amides is 1. The van der Waals surface area contributed by atoms with E-state index in [1.54, 1.807) is 11.3 Å². The van der Waals surface area contributed by atoms with Crippen molar-refractivity contribution in [3.63, 3.8) is 0 Å². The number of hydrogen-bond donors (Lipinski definition) is 1. The van der Waals surface area contributed by atoms with Crippen molar-refractivity contribution in [1.29, 1.82) is 0 Å². The first-order chi connectivity index (χ1) is 14.2. The Morgan fingerprint density at radius 2 is 1.76 bits per heavy atom. The topological polar surface area (TPSA) is 38.3 Å². The molecule has 1 aromatic heterocycles. The number of rotatable bonds is 5. The van der Waals surface area contributed by atoms with Crippen LogP contribution in [0.2, 0.25) is 0 Å². The largest absolute Gasteiger partial charge is 0.489 e. The van der Waals surface area contributed by atoms with Gasteiger partial charge in [0.25, 0.3) is 5.91 Å². The summed E-state index contributed by atoms with van der Waals surface area (Å²) in [5, 5.41) is 5.49. The third-order valence-corrected chi connectivity index (χ3v) is 8.86. The summed E-state index contributed by atoms with van der Waals surface area (Å²) in [6, 6.07) is 8.90. The van der Waals surface area contributed by atoms with E-state index in [0.717, 1.165) is 39.9 Å². The molecule has 0 spiro atoms. The van der Waals surface area contributed by atoms with Gasteiger partial charge in [0.2, 0.25) is 0 Å². The first-order valence-electron chi connectivity index (χ1n) is 11.3. The number of hydrogen-bond acceptors (Lipinski definition) is 3. The quantitative estimate of drug-likeness (QED) is 0.724. The van der Waals surface area contributed by atoms with Gasteiger partial charge >= 0.3 is 0 Å². The Morgan fingerprint density at radius 1 is 1.00 bits per heavy atom. The summed E-state index contributed by atoms with van der Waals surface area (Å²) in [5.41, 5.74) is 3.99. The Balaban J connectivity index is 1.08. The average Bonchev–Trinajstić information content (AvgIpc) is 3.37. The highest BCUT2D eigenvalue weighted by atomic mass is 32.1. The van der Waals surface area contributed by atoms with Gasteiger partial charge < -0.3 is 10.1 Å². The van der Waals surface area contributed by atoms with E-state index in [9.17, 15) is 4.79 Å². The molecule has 0 aliphatic heterocycles. The lowest BCUT2D eigenvalue weighted by atomic mass is 9.54. The maximum absolute atomic E-state index is 12.9. The zero-order chi connectivity index (χ0) is 19.4. The number of benzene rings is 1. The lowest BCUT2D eigenvalue weighted by molar-refractivity contribution is -0.0119. The molecular weight excluding hydrogens is 378 g/mol. The number of aryl methyl sites for hydroxylation is 2. The van der Waals surface area contributed by atoms with E-state index < -0.39 is 0 Å². The number of carbonyl (C=O) groups excluding carboxylic acids is 1. The van der Waals surface area contributed by atoms with Crippen LogP contribution in [-0.4, -0.2) is 11.9 Å². The molecule has 0 saturated heterocycles. The Bertz CT molecular complexity index is 905. The summed E-state index contributed by atoms with van der Waals surface area (Å²) >= 11 is 1.55. The monoisotopic (exact) mass is 407 g/mol. The van der Waals surface area contributed by atoms with E-state index in [0.29, 0.717) is 12.6 Å². The molecule has 1 N–H and O–H groups in total. The van der Waals surface area contributed by atoms with Gasteiger partial charge in [0.1, 0.15) is 12.4 Å². The third kappa shape index (κ3) is 3.39. The van der Waals surface area contributed by atoms with Gasteiger partial charge in [-0.3, -0.25) is 4.79 Å². The maximum Gasteiger partial charge on any atom is 0.261 e. The molecular formula is C25H29NO2S. The molecule has 152 valence electrons. The van der Waals surface area contributed by atoms with Gasteiger partial charge in [-0.05, 0) is 110 Å². The van der Waals surface area contributed by atoms with E-state index in [-0.39, 0.29) is 5.91 Å². The highest BCUT2D eigenvalue weighted by molar-refractivity contribution is 7.12. The Hall–Kier alpha value is -1.81. The van der Waals surface area contributed by atoms with Crippen molar-refractivity contribution in [1.82, 2.24) is 5.32 Å². The summed E-state index contributed by atoms with van der Waals surface area (Å²) in [4.78, 5) is 13.7. The van der Waals surface area contributed by atoms with Crippen LogP contribution < -0.4 is 10.1 Å². The molecule has 0 atom stereocenters. The van der Waals surface area contributed by atoms with Gasteiger partial charge in [-0.15, -0.1) is 11.3 Å². The number of ether oxygens (including phenoxy) is 1. The summed E-state index contributed by atoms with van der Waals surface area (Å²) in [6.45, 7) is 0.528. The van der Waals surface area contributed by atoms with Crippen molar-refractivity contribution < 1.29 is 9.53 Å². The lowest BCUT2D eigenvalue weighted by Gasteiger charge is -2.54. The molecule has 29 heavy (non-hydrogen) atoms. The number of nitrogens with one attached hydrogen (secondary N) is 1. The number of carbonyl (C=O) groups is 1. The molecule has 7 rings (SSSR count). The zero-order valence-corrected chi connectivity index (χ0v) is 17.7. The van der Waals surface area contributed by atoms with Crippen molar-refractivity contribution >= 4 is 17.2 Å². The molecule has 2 aromatic rings. The fraction of sp³-hybridized carbons (Fsp3) is 0.560. The van der Waals surface area contributed by atoms with Crippen LogP contribution in [0.15, 0.2) is 29.6 Å². The predicted molar refractivity (Wildman–Crippen MR) is 115 cm³/mol. The third-order valence-electron chi connectivity index (χ3n) is 7.88. The van der Waals surface area contributed by atoms with Crippen LogP contribution in [-0.2, 0) is 19.4 Å². The number of thiophene rings is 1. The molecule has 5 aliphatic rings. The van der Waals surface area contributed by atoms with Gasteiger partial charge in [-0.1, -0.05) is 6.07 Å². The van der Waals surface area contributed by atoms with Gasteiger partial charge in [0.05, 0.1) is 4.88 Å². The van der Waals surface area contributed by atoms with E-state index in [4.69, 9.17) is 4.74 Å². The lowest BCUT2D eigenvalue weighted by Crippen LogP contribution is -2.55. The first kappa shape index (κ1) is 18.0. The van der Waals surface area contributed by atoms with Gasteiger partial charge in [0.15, 0.2) is 0 Å².